The van der Waals surface area contributed by atoms with Gasteiger partial charge in [-0.15, -0.1) is 0 Å². The molecule has 0 spiro atoms. The van der Waals surface area contributed by atoms with E-state index in [0.29, 0.717) is 5.56 Å². The topological polar surface area (TPSA) is 46.2 Å². The summed E-state index contributed by atoms with van der Waals surface area (Å²) in [7, 11) is 0. The van der Waals surface area contributed by atoms with E-state index in [-0.39, 0.29) is 12.5 Å². The number of carbonyl (C=O) groups excluding carboxylic acids is 2. The summed E-state index contributed by atoms with van der Waals surface area (Å²) >= 11 is 5.06. The van der Waals surface area contributed by atoms with Crippen molar-refractivity contribution in [2.24, 2.45) is 0 Å². The lowest BCUT2D eigenvalue weighted by Gasteiger charge is -2.00. The second kappa shape index (κ2) is 4.62. The van der Waals surface area contributed by atoms with Crippen LogP contribution in [0.15, 0.2) is 30.3 Å². The third-order valence-corrected chi connectivity index (χ3v) is 1.56. The van der Waals surface area contributed by atoms with Gasteiger partial charge in [0.2, 0.25) is 5.24 Å². The van der Waals surface area contributed by atoms with Crippen molar-refractivity contribution in [2.75, 3.05) is 6.54 Å². The third kappa shape index (κ3) is 3.25. The summed E-state index contributed by atoms with van der Waals surface area (Å²) in [6, 6.07) is 8.63. The Labute approximate surface area is 80.7 Å². The maximum absolute atomic E-state index is 11.2. The molecule has 0 aromatic heterocycles. The summed E-state index contributed by atoms with van der Waals surface area (Å²) in [5.74, 6) is -0.297. The van der Waals surface area contributed by atoms with E-state index < -0.39 is 5.24 Å². The van der Waals surface area contributed by atoms with E-state index in [4.69, 9.17) is 11.6 Å². The fourth-order valence-corrected chi connectivity index (χ4v) is 0.908. The molecule has 0 aliphatic heterocycles. The van der Waals surface area contributed by atoms with Crippen molar-refractivity contribution in [1.29, 1.82) is 0 Å². The molecule has 0 atom stereocenters. The number of amides is 1. The number of hydrogen-bond acceptors (Lipinski definition) is 2. The second-order valence-electron chi connectivity index (χ2n) is 2.40. The number of nitrogens with one attached hydrogen (secondary N) is 1. The zero-order chi connectivity index (χ0) is 9.68. The Hall–Kier alpha value is -1.35. The standard InChI is InChI=1S/C9H8ClNO2/c10-8(12)6-11-9(13)7-4-2-1-3-5-7/h1-5H,6H2,(H,11,13). The molecule has 1 aromatic carbocycles. The average molecular weight is 198 g/mol. The SMILES string of the molecule is O=C(Cl)CNC(=O)c1ccccc1. The van der Waals surface area contributed by atoms with Gasteiger partial charge in [-0.05, 0) is 23.7 Å². The molecule has 0 heterocycles. The van der Waals surface area contributed by atoms with E-state index in [1.807, 2.05) is 6.07 Å². The lowest BCUT2D eigenvalue weighted by molar-refractivity contribution is -0.110. The average Bonchev–Trinajstić information content (AvgIpc) is 2.15. The predicted molar refractivity (Wildman–Crippen MR) is 49.6 cm³/mol. The van der Waals surface area contributed by atoms with Crippen LogP contribution >= 0.6 is 11.6 Å². The van der Waals surface area contributed by atoms with Crippen molar-refractivity contribution in [1.82, 2.24) is 5.32 Å². The van der Waals surface area contributed by atoms with Crippen molar-refractivity contribution in [2.45, 2.75) is 0 Å². The van der Waals surface area contributed by atoms with Gasteiger partial charge in [-0.3, -0.25) is 9.59 Å². The summed E-state index contributed by atoms with van der Waals surface area (Å²) < 4.78 is 0. The highest BCUT2D eigenvalue weighted by atomic mass is 35.5. The van der Waals surface area contributed by atoms with Gasteiger partial charge < -0.3 is 5.32 Å². The molecule has 1 aromatic rings. The van der Waals surface area contributed by atoms with Gasteiger partial charge in [-0.25, -0.2) is 0 Å². The highest BCUT2D eigenvalue weighted by Crippen LogP contribution is 1.97. The van der Waals surface area contributed by atoms with E-state index in [0.717, 1.165) is 0 Å². The first-order valence-corrected chi connectivity index (χ1v) is 4.09. The van der Waals surface area contributed by atoms with Crippen LogP contribution in [0.2, 0.25) is 0 Å². The van der Waals surface area contributed by atoms with Gasteiger partial charge in [0.1, 0.15) is 0 Å². The Kier molecular flexibility index (Phi) is 3.46. The first-order chi connectivity index (χ1) is 6.20. The fraction of sp³-hybridized carbons (Fsp3) is 0.111. The normalized spacial score (nSPS) is 9.31. The smallest absolute Gasteiger partial charge is 0.251 e. The number of rotatable bonds is 3. The van der Waals surface area contributed by atoms with Gasteiger partial charge in [0.25, 0.3) is 5.91 Å². The monoisotopic (exact) mass is 197 g/mol. The van der Waals surface area contributed by atoms with E-state index in [9.17, 15) is 9.59 Å². The molecule has 0 aliphatic rings. The fourth-order valence-electron chi connectivity index (χ4n) is 0.841. The molecule has 0 aliphatic carbocycles. The Morgan fingerprint density at radius 3 is 2.38 bits per heavy atom. The van der Waals surface area contributed by atoms with Crippen LogP contribution in [-0.4, -0.2) is 17.7 Å². The Balaban J connectivity index is 2.54. The minimum absolute atomic E-state index is 0.144. The van der Waals surface area contributed by atoms with Crippen molar-refractivity contribution < 1.29 is 9.59 Å². The molecule has 0 fully saturated rings. The minimum Gasteiger partial charge on any atom is -0.344 e. The van der Waals surface area contributed by atoms with Gasteiger partial charge in [-0.1, -0.05) is 18.2 Å². The lowest BCUT2D eigenvalue weighted by atomic mass is 10.2. The molecule has 3 nitrogen and oxygen atoms in total. The number of carbonyl (C=O) groups is 2. The molecule has 1 rings (SSSR count). The quantitative estimate of drug-likeness (QED) is 0.740. The highest BCUT2D eigenvalue weighted by molar-refractivity contribution is 6.64. The zero-order valence-corrected chi connectivity index (χ0v) is 7.54. The predicted octanol–water partition coefficient (Wildman–Crippen LogP) is 1.18. The van der Waals surface area contributed by atoms with Crippen LogP contribution in [0, 0.1) is 0 Å². The van der Waals surface area contributed by atoms with Gasteiger partial charge in [0.05, 0.1) is 6.54 Å². The molecule has 0 unspecified atom stereocenters. The molecule has 4 heteroatoms. The van der Waals surface area contributed by atoms with Crippen molar-refractivity contribution in [3.05, 3.63) is 35.9 Å². The van der Waals surface area contributed by atoms with Crippen molar-refractivity contribution in [3.63, 3.8) is 0 Å². The first kappa shape index (κ1) is 9.74. The molecule has 0 radical (unpaired) electrons. The second-order valence-corrected chi connectivity index (χ2v) is 2.83. The van der Waals surface area contributed by atoms with E-state index in [1.54, 1.807) is 24.3 Å². The van der Waals surface area contributed by atoms with Crippen LogP contribution in [0.5, 0.6) is 0 Å². The summed E-state index contributed by atoms with van der Waals surface area (Å²) in [4.78, 5) is 21.6. The van der Waals surface area contributed by atoms with Crippen molar-refractivity contribution >= 4 is 22.8 Å². The number of hydrogen-bond donors (Lipinski definition) is 1. The molecule has 0 saturated heterocycles. The molecule has 13 heavy (non-hydrogen) atoms. The summed E-state index contributed by atoms with van der Waals surface area (Å²) in [6.45, 7) is -0.144. The van der Waals surface area contributed by atoms with E-state index in [1.165, 1.54) is 0 Å². The molecule has 0 bridgehead atoms. The Morgan fingerprint density at radius 2 is 1.85 bits per heavy atom. The molecule has 68 valence electrons. The molecule has 1 amide bonds. The highest BCUT2D eigenvalue weighted by Gasteiger charge is 2.04. The van der Waals surface area contributed by atoms with Crippen LogP contribution in [-0.2, 0) is 4.79 Å². The molecular weight excluding hydrogens is 190 g/mol. The van der Waals surface area contributed by atoms with Crippen LogP contribution in [0.4, 0.5) is 0 Å². The molecule has 0 saturated carbocycles. The number of benzene rings is 1. The largest absolute Gasteiger partial charge is 0.344 e. The molecule has 1 N–H and O–H groups in total. The lowest BCUT2D eigenvalue weighted by Crippen LogP contribution is -2.27. The van der Waals surface area contributed by atoms with Gasteiger partial charge in [0.15, 0.2) is 0 Å². The minimum atomic E-state index is -0.579. The number of halogens is 1. The van der Waals surface area contributed by atoms with E-state index in [2.05, 4.69) is 5.32 Å². The van der Waals surface area contributed by atoms with Gasteiger partial charge in [0, 0.05) is 5.56 Å². The Morgan fingerprint density at radius 1 is 1.23 bits per heavy atom. The van der Waals surface area contributed by atoms with Gasteiger partial charge in [-0.2, -0.15) is 0 Å². The van der Waals surface area contributed by atoms with Crippen molar-refractivity contribution in [3.8, 4) is 0 Å². The first-order valence-electron chi connectivity index (χ1n) is 3.72. The van der Waals surface area contributed by atoms with Crippen LogP contribution in [0.25, 0.3) is 0 Å². The van der Waals surface area contributed by atoms with Crippen LogP contribution < -0.4 is 5.32 Å². The maximum Gasteiger partial charge on any atom is 0.251 e. The van der Waals surface area contributed by atoms with Crippen LogP contribution in [0.3, 0.4) is 0 Å². The Bertz CT molecular complexity index is 311. The third-order valence-electron chi connectivity index (χ3n) is 1.42. The van der Waals surface area contributed by atoms with Crippen LogP contribution in [0.1, 0.15) is 10.4 Å². The summed E-state index contributed by atoms with van der Waals surface area (Å²) in [5.41, 5.74) is 0.514. The molecular formula is C9H8ClNO2. The van der Waals surface area contributed by atoms with E-state index >= 15 is 0 Å². The summed E-state index contributed by atoms with van der Waals surface area (Å²) in [5, 5.41) is 1.80. The maximum atomic E-state index is 11.2. The summed E-state index contributed by atoms with van der Waals surface area (Å²) in [6.07, 6.45) is 0. The zero-order valence-electron chi connectivity index (χ0n) is 6.79. The van der Waals surface area contributed by atoms with Gasteiger partial charge >= 0.3 is 0 Å².